The molecule has 224 valence electrons. The van der Waals surface area contributed by atoms with Crippen LogP contribution < -0.4 is 15.9 Å². The molecule has 4 N–H and O–H groups in total. The first-order valence-corrected chi connectivity index (χ1v) is 15.3. The van der Waals surface area contributed by atoms with Crippen molar-refractivity contribution in [2.75, 3.05) is 26.3 Å². The van der Waals surface area contributed by atoms with Crippen LogP contribution in [-0.4, -0.2) is 65.0 Å². The lowest BCUT2D eigenvalue weighted by Crippen LogP contribution is -2.76. The molecule has 0 unspecified atom stereocenters. The van der Waals surface area contributed by atoms with E-state index < -0.39 is 15.6 Å². The molecule has 1 fully saturated rings. The molecule has 0 saturated carbocycles. The summed E-state index contributed by atoms with van der Waals surface area (Å²) in [5, 5.41) is 22.8. The first kappa shape index (κ1) is 30.7. The van der Waals surface area contributed by atoms with Crippen LogP contribution in [0, 0.1) is 11.1 Å². The largest absolute Gasteiger partial charge is 0.601 e. The van der Waals surface area contributed by atoms with Gasteiger partial charge in [0.1, 0.15) is 29.2 Å². The van der Waals surface area contributed by atoms with Crippen molar-refractivity contribution in [1.29, 1.82) is 0 Å². The maximum atomic E-state index is 13.7. The van der Waals surface area contributed by atoms with Gasteiger partial charge in [-0.15, -0.1) is 0 Å². The number of hydrogen-bond acceptors (Lipinski definition) is 9. The summed E-state index contributed by atoms with van der Waals surface area (Å²) in [6, 6.07) is 4.63. The summed E-state index contributed by atoms with van der Waals surface area (Å²) in [4.78, 5) is 25.8. The molecule has 1 aliphatic rings. The fourth-order valence-corrected chi connectivity index (χ4v) is 6.84. The van der Waals surface area contributed by atoms with Gasteiger partial charge >= 0.3 is 0 Å². The molecule has 3 aromatic rings. The van der Waals surface area contributed by atoms with Crippen LogP contribution in [-0.2, 0) is 28.3 Å². The number of sulfonamides is 1. The standard InChI is InChI=1S/C27H38N6O7S/c1-4-6-20-22(17-28-35)32(3)25-24(20)29-26(30-27(25)34)21-16-19(7-8-23(21)39-14-5-2)41(37,38)33-12-9-18(10-13-33)11-15-40-31-36/h7-8,16-18,35H,4-6,9-15,31H2,1-3H3,(H,29,30,34)/b28-17+. The van der Waals surface area contributed by atoms with E-state index in [4.69, 9.17) is 14.6 Å². The number of quaternary nitrogens is 1. The smallest absolute Gasteiger partial charge is 0.275 e. The lowest BCUT2D eigenvalue weighted by atomic mass is 9.95. The van der Waals surface area contributed by atoms with Crippen LogP contribution in [0.3, 0.4) is 0 Å². The third kappa shape index (κ3) is 6.46. The number of piperidine rings is 1. The fourth-order valence-electron chi connectivity index (χ4n) is 5.34. The number of nitrogens with zero attached hydrogens (tertiary/aromatic N) is 4. The minimum Gasteiger partial charge on any atom is -0.601 e. The average Bonchev–Trinajstić information content (AvgIpc) is 3.23. The second kappa shape index (κ2) is 13.6. The Morgan fingerprint density at radius 2 is 2.00 bits per heavy atom. The van der Waals surface area contributed by atoms with E-state index in [2.05, 4.69) is 10.1 Å². The van der Waals surface area contributed by atoms with Crippen molar-refractivity contribution < 1.29 is 28.8 Å². The number of H-pyrrole nitrogens is 1. The van der Waals surface area contributed by atoms with E-state index in [1.54, 1.807) is 17.7 Å². The summed E-state index contributed by atoms with van der Waals surface area (Å²) in [5.74, 6) is 0.883. The highest BCUT2D eigenvalue weighted by atomic mass is 32.2. The van der Waals surface area contributed by atoms with Crippen molar-refractivity contribution in [3.8, 4) is 17.1 Å². The Labute approximate surface area is 238 Å². The van der Waals surface area contributed by atoms with Crippen molar-refractivity contribution >= 4 is 27.3 Å². The summed E-state index contributed by atoms with van der Waals surface area (Å²) in [6.07, 6.45) is 5.43. The molecule has 0 spiro atoms. The predicted octanol–water partition coefficient (Wildman–Crippen LogP) is 2.26. The Morgan fingerprint density at radius 3 is 2.66 bits per heavy atom. The number of ether oxygens (including phenoxy) is 1. The average molecular weight is 591 g/mol. The van der Waals surface area contributed by atoms with Crippen molar-refractivity contribution in [2.45, 2.75) is 57.3 Å². The number of nitrogens with one attached hydrogen (secondary N) is 1. The molecular formula is C27H38N6O7S. The first-order valence-electron chi connectivity index (χ1n) is 13.9. The fraction of sp³-hybridized carbons (Fsp3) is 0.519. The number of oxime groups is 1. The number of fused-ring (bicyclic) bond motifs is 1. The molecule has 1 aromatic carbocycles. The monoisotopic (exact) mass is 590 g/mol. The topological polar surface area (TPSA) is 179 Å². The van der Waals surface area contributed by atoms with Crippen molar-refractivity contribution in [1.82, 2.24) is 18.8 Å². The number of aromatic nitrogens is 3. The molecule has 4 rings (SSSR count). The Bertz CT molecular complexity index is 1540. The molecule has 0 aliphatic carbocycles. The van der Waals surface area contributed by atoms with Crippen LogP contribution in [0.4, 0.5) is 0 Å². The van der Waals surface area contributed by atoms with Crippen LogP contribution in [0.5, 0.6) is 5.75 Å². The quantitative estimate of drug-likeness (QED) is 0.117. The molecule has 41 heavy (non-hydrogen) atoms. The van der Waals surface area contributed by atoms with Gasteiger partial charge < -0.3 is 24.7 Å². The third-order valence-electron chi connectivity index (χ3n) is 7.46. The van der Waals surface area contributed by atoms with E-state index in [1.165, 1.54) is 22.7 Å². The molecule has 3 heterocycles. The van der Waals surface area contributed by atoms with Crippen molar-refractivity contribution in [2.24, 2.45) is 18.1 Å². The Hall–Kier alpha value is -3.30. The highest BCUT2D eigenvalue weighted by molar-refractivity contribution is 7.89. The van der Waals surface area contributed by atoms with E-state index in [-0.39, 0.29) is 16.6 Å². The van der Waals surface area contributed by atoms with Crippen LogP contribution in [0.15, 0.2) is 33.0 Å². The Kier molecular flexibility index (Phi) is 10.1. The van der Waals surface area contributed by atoms with Crippen molar-refractivity contribution in [3.63, 3.8) is 0 Å². The summed E-state index contributed by atoms with van der Waals surface area (Å²) in [6.45, 7) is 5.41. The van der Waals surface area contributed by atoms with Gasteiger partial charge in [0.2, 0.25) is 10.0 Å². The van der Waals surface area contributed by atoms with Crippen molar-refractivity contribution in [3.05, 3.63) is 45.0 Å². The predicted molar refractivity (Wildman–Crippen MR) is 153 cm³/mol. The van der Waals surface area contributed by atoms with E-state index in [0.717, 1.165) is 18.4 Å². The number of benzene rings is 1. The molecule has 13 nitrogen and oxygen atoms in total. The number of nitrogens with two attached hydrogens (primary N) is 1. The first-order chi connectivity index (χ1) is 19.8. The lowest BCUT2D eigenvalue weighted by molar-refractivity contribution is -0.850. The van der Waals surface area contributed by atoms with Gasteiger partial charge in [-0.3, -0.25) is 4.79 Å². The lowest BCUT2D eigenvalue weighted by Gasteiger charge is -2.31. The third-order valence-corrected chi connectivity index (χ3v) is 9.35. The van der Waals surface area contributed by atoms with E-state index in [1.807, 2.05) is 13.8 Å². The van der Waals surface area contributed by atoms with Gasteiger partial charge in [0, 0.05) is 25.7 Å². The summed E-state index contributed by atoms with van der Waals surface area (Å²) >= 11 is 0. The van der Waals surface area contributed by atoms with Gasteiger partial charge in [-0.2, -0.15) is 4.31 Å². The van der Waals surface area contributed by atoms with Gasteiger partial charge in [0.15, 0.2) is 0 Å². The van der Waals surface area contributed by atoms with Crippen LogP contribution in [0.25, 0.3) is 22.4 Å². The minimum absolute atomic E-state index is 0.0804. The Morgan fingerprint density at radius 1 is 1.24 bits per heavy atom. The van der Waals surface area contributed by atoms with Crippen LogP contribution >= 0.6 is 0 Å². The zero-order valence-corrected chi connectivity index (χ0v) is 24.4. The van der Waals surface area contributed by atoms with Gasteiger partial charge in [-0.05, 0) is 56.2 Å². The molecule has 14 heteroatoms. The van der Waals surface area contributed by atoms with E-state index >= 15 is 0 Å². The second-order valence-corrected chi connectivity index (χ2v) is 12.1. The molecule has 1 aliphatic heterocycles. The number of aryl methyl sites for hydroxylation is 2. The molecule has 0 radical (unpaired) electrons. The van der Waals surface area contributed by atoms with E-state index in [9.17, 15) is 23.6 Å². The summed E-state index contributed by atoms with van der Waals surface area (Å²) in [7, 11) is -2.13. The van der Waals surface area contributed by atoms with E-state index in [0.29, 0.717) is 85.7 Å². The number of aromatic amines is 1. The zero-order chi connectivity index (χ0) is 29.6. The number of rotatable bonds is 13. The molecule has 0 bridgehead atoms. The maximum absolute atomic E-state index is 13.7. The SMILES string of the molecule is CCCOc1ccc(S(=O)(=O)N2CCC(CCO[NH2+][O-])CC2)cc1-c1nc2c(CCC)c(/C=N/O)n(C)c2c(=O)[nH]1. The summed E-state index contributed by atoms with van der Waals surface area (Å²) in [5.41, 5.74) is 2.50. The van der Waals surface area contributed by atoms with Gasteiger partial charge in [-0.1, -0.05) is 25.4 Å². The van der Waals surface area contributed by atoms with Gasteiger partial charge in [0.25, 0.3) is 5.56 Å². The zero-order valence-electron chi connectivity index (χ0n) is 23.6. The second-order valence-electron chi connectivity index (χ2n) is 10.1. The molecule has 1 saturated heterocycles. The van der Waals surface area contributed by atoms with Crippen LogP contribution in [0.2, 0.25) is 0 Å². The molecular weight excluding hydrogens is 552 g/mol. The normalized spacial score (nSPS) is 15.3. The summed E-state index contributed by atoms with van der Waals surface area (Å²) < 4.78 is 36.4. The molecule has 2 aromatic heterocycles. The highest BCUT2D eigenvalue weighted by Gasteiger charge is 2.30. The maximum Gasteiger partial charge on any atom is 0.275 e. The number of hydrogen-bond donors (Lipinski definition) is 3. The highest BCUT2D eigenvalue weighted by Crippen LogP contribution is 2.34. The van der Waals surface area contributed by atoms with Crippen LogP contribution in [0.1, 0.15) is 57.2 Å². The minimum atomic E-state index is -3.84. The molecule has 0 atom stereocenters. The Balaban J connectivity index is 1.76. The molecule has 0 amide bonds. The van der Waals surface area contributed by atoms with Gasteiger partial charge in [-0.25, -0.2) is 23.9 Å². The van der Waals surface area contributed by atoms with Gasteiger partial charge in [0.05, 0.1) is 29.0 Å².